The largest absolute Gasteiger partial charge is 0.310 e. The van der Waals surface area contributed by atoms with E-state index in [9.17, 15) is 4.79 Å². The zero-order valence-electron chi connectivity index (χ0n) is 11.0. The number of aromatic nitrogens is 3. The predicted molar refractivity (Wildman–Crippen MR) is 83.3 cm³/mol. The van der Waals surface area contributed by atoms with E-state index in [-0.39, 0.29) is 11.2 Å². The molecule has 0 radical (unpaired) electrons. The summed E-state index contributed by atoms with van der Waals surface area (Å²) in [7, 11) is 0. The van der Waals surface area contributed by atoms with Crippen LogP contribution < -0.4 is 5.32 Å². The summed E-state index contributed by atoms with van der Waals surface area (Å²) in [6.45, 7) is 0. The van der Waals surface area contributed by atoms with Crippen LogP contribution in [0.3, 0.4) is 0 Å². The molecule has 1 atom stereocenters. The Morgan fingerprint density at radius 3 is 3.19 bits per heavy atom. The second kappa shape index (κ2) is 4.89. The van der Waals surface area contributed by atoms with Gasteiger partial charge in [-0.15, -0.1) is 11.8 Å². The van der Waals surface area contributed by atoms with Crippen LogP contribution in [0.2, 0.25) is 0 Å². The number of hydrogen-bond acceptors (Lipinski definition) is 4. The molecule has 2 N–H and O–H groups in total. The maximum atomic E-state index is 11.7. The van der Waals surface area contributed by atoms with E-state index in [1.807, 2.05) is 18.2 Å². The van der Waals surface area contributed by atoms with Gasteiger partial charge in [-0.1, -0.05) is 12.1 Å². The average Bonchev–Trinajstić information content (AvgIpc) is 2.89. The fraction of sp³-hybridized carbons (Fsp3) is 0.133. The summed E-state index contributed by atoms with van der Waals surface area (Å²) in [6, 6.07) is 10.2. The molecular formula is C15H12N4OS. The lowest BCUT2D eigenvalue weighted by Crippen LogP contribution is -2.12. The molecule has 0 saturated heterocycles. The van der Waals surface area contributed by atoms with Crippen LogP contribution >= 0.6 is 11.8 Å². The predicted octanol–water partition coefficient (Wildman–Crippen LogP) is 2.73. The van der Waals surface area contributed by atoms with Gasteiger partial charge in [0.15, 0.2) is 0 Å². The van der Waals surface area contributed by atoms with Crippen molar-refractivity contribution in [2.75, 3.05) is 11.1 Å². The highest BCUT2D eigenvalue weighted by atomic mass is 32.2. The topological polar surface area (TPSA) is 70.7 Å². The summed E-state index contributed by atoms with van der Waals surface area (Å²) >= 11 is 1.61. The number of hydrogen-bond donors (Lipinski definition) is 2. The normalized spacial score (nSPS) is 18.1. The van der Waals surface area contributed by atoms with E-state index >= 15 is 0 Å². The molecule has 0 aliphatic carbocycles. The van der Waals surface area contributed by atoms with Gasteiger partial charge in [0.2, 0.25) is 5.91 Å². The summed E-state index contributed by atoms with van der Waals surface area (Å²) in [5.74, 6) is 1.12. The van der Waals surface area contributed by atoms with Crippen LogP contribution in [-0.4, -0.2) is 26.8 Å². The molecule has 1 aliphatic rings. The lowest BCUT2D eigenvalue weighted by Gasteiger charge is -2.14. The van der Waals surface area contributed by atoms with Crippen molar-refractivity contribution in [3.63, 3.8) is 0 Å². The molecule has 6 heteroatoms. The Balaban J connectivity index is 1.83. The highest BCUT2D eigenvalue weighted by Crippen LogP contribution is 2.41. The van der Waals surface area contributed by atoms with Crippen LogP contribution in [0.5, 0.6) is 0 Å². The molecule has 0 bridgehead atoms. The number of rotatable bonds is 1. The molecule has 2 aromatic heterocycles. The Hall–Kier alpha value is -2.34. The van der Waals surface area contributed by atoms with E-state index in [0.29, 0.717) is 11.6 Å². The summed E-state index contributed by atoms with van der Waals surface area (Å²) in [5.41, 5.74) is 3.13. The molecule has 1 aromatic carbocycles. The van der Waals surface area contributed by atoms with Gasteiger partial charge in [0, 0.05) is 17.1 Å². The van der Waals surface area contributed by atoms with Crippen molar-refractivity contribution >= 4 is 34.4 Å². The zero-order valence-corrected chi connectivity index (χ0v) is 11.9. The molecular weight excluding hydrogens is 284 g/mol. The van der Waals surface area contributed by atoms with Crippen LogP contribution in [-0.2, 0) is 4.79 Å². The molecule has 104 valence electrons. The van der Waals surface area contributed by atoms with Crippen LogP contribution in [0, 0.1) is 0 Å². The number of nitrogens with one attached hydrogen (secondary N) is 2. The number of fused-ring (bicyclic) bond motifs is 2. The monoisotopic (exact) mass is 296 g/mol. The first-order valence-electron chi connectivity index (χ1n) is 6.61. The second-order valence-corrected chi connectivity index (χ2v) is 5.99. The number of nitrogens with zero attached hydrogens (tertiary/aromatic N) is 2. The number of H-pyrrole nitrogens is 1. The maximum absolute atomic E-state index is 11.7. The third kappa shape index (κ3) is 2.17. The van der Waals surface area contributed by atoms with Crippen molar-refractivity contribution in [3.05, 3.63) is 53.9 Å². The molecule has 0 fully saturated rings. The first-order chi connectivity index (χ1) is 10.3. The number of thioether (sulfide) groups is 1. The number of amides is 1. The molecule has 5 nitrogen and oxygen atoms in total. The standard InChI is InChI=1S/C15H12N4OS/c20-13-8-21-14(11-7-17-19-15(11)18-13)10-3-4-12-9(6-10)2-1-5-16-12/h1-7,14H,8H2,(H2,17,18,19,20)/t14-/m0/s1. The minimum absolute atomic E-state index is 0.00421. The van der Waals surface area contributed by atoms with Gasteiger partial charge in [0.1, 0.15) is 5.82 Å². The fourth-order valence-electron chi connectivity index (χ4n) is 2.55. The molecule has 3 heterocycles. The minimum atomic E-state index is -0.00421. The van der Waals surface area contributed by atoms with Crippen molar-refractivity contribution in [1.29, 1.82) is 0 Å². The van der Waals surface area contributed by atoms with Crippen LogP contribution in [0.25, 0.3) is 10.9 Å². The Morgan fingerprint density at radius 2 is 2.24 bits per heavy atom. The number of carbonyl (C=O) groups is 1. The van der Waals surface area contributed by atoms with E-state index in [0.717, 1.165) is 22.0 Å². The smallest absolute Gasteiger partial charge is 0.235 e. The first kappa shape index (κ1) is 12.4. The zero-order chi connectivity index (χ0) is 14.2. The van der Waals surface area contributed by atoms with Crippen LogP contribution in [0.1, 0.15) is 16.4 Å². The summed E-state index contributed by atoms with van der Waals surface area (Å²) in [4.78, 5) is 16.1. The minimum Gasteiger partial charge on any atom is -0.310 e. The number of carbonyl (C=O) groups excluding carboxylic acids is 1. The van der Waals surface area contributed by atoms with Gasteiger partial charge in [-0.05, 0) is 23.8 Å². The third-order valence-corrected chi connectivity index (χ3v) is 4.81. The Labute approximate surface area is 125 Å². The van der Waals surface area contributed by atoms with Gasteiger partial charge >= 0.3 is 0 Å². The Bertz CT molecular complexity index is 829. The molecule has 1 aliphatic heterocycles. The second-order valence-electron chi connectivity index (χ2n) is 4.90. The van der Waals surface area contributed by atoms with Crippen LogP contribution in [0.15, 0.2) is 42.7 Å². The number of benzene rings is 1. The maximum Gasteiger partial charge on any atom is 0.235 e. The fourth-order valence-corrected chi connectivity index (χ4v) is 3.64. The van der Waals surface area contributed by atoms with Gasteiger partial charge in [-0.3, -0.25) is 14.9 Å². The summed E-state index contributed by atoms with van der Waals surface area (Å²) in [6.07, 6.45) is 3.57. The average molecular weight is 296 g/mol. The van der Waals surface area contributed by atoms with E-state index in [2.05, 4.69) is 32.6 Å². The van der Waals surface area contributed by atoms with Gasteiger partial charge < -0.3 is 5.32 Å². The number of aromatic amines is 1. The van der Waals surface area contributed by atoms with Gasteiger partial charge in [-0.25, -0.2) is 0 Å². The van der Waals surface area contributed by atoms with Crippen molar-refractivity contribution < 1.29 is 4.79 Å². The number of anilines is 1. The Kier molecular flexibility index (Phi) is 2.89. The molecule has 0 spiro atoms. The van der Waals surface area contributed by atoms with Crippen molar-refractivity contribution in [2.24, 2.45) is 0 Å². The van der Waals surface area contributed by atoms with Crippen LogP contribution in [0.4, 0.5) is 5.82 Å². The molecule has 0 unspecified atom stereocenters. The molecule has 21 heavy (non-hydrogen) atoms. The van der Waals surface area contributed by atoms with E-state index < -0.39 is 0 Å². The van der Waals surface area contributed by atoms with E-state index in [1.165, 1.54) is 0 Å². The van der Waals surface area contributed by atoms with Crippen molar-refractivity contribution in [1.82, 2.24) is 15.2 Å². The van der Waals surface area contributed by atoms with Crippen molar-refractivity contribution in [2.45, 2.75) is 5.25 Å². The lowest BCUT2D eigenvalue weighted by atomic mass is 10.0. The van der Waals surface area contributed by atoms with Gasteiger partial charge in [0.05, 0.1) is 22.7 Å². The summed E-state index contributed by atoms with van der Waals surface area (Å²) < 4.78 is 0. The van der Waals surface area contributed by atoms with Crippen molar-refractivity contribution in [3.8, 4) is 0 Å². The molecule has 1 amide bonds. The van der Waals surface area contributed by atoms with Gasteiger partial charge in [0.25, 0.3) is 0 Å². The third-order valence-electron chi connectivity index (χ3n) is 3.53. The Morgan fingerprint density at radius 1 is 1.29 bits per heavy atom. The quantitative estimate of drug-likeness (QED) is 0.724. The highest BCUT2D eigenvalue weighted by molar-refractivity contribution is 8.00. The first-order valence-corrected chi connectivity index (χ1v) is 7.65. The van der Waals surface area contributed by atoms with E-state index in [4.69, 9.17) is 0 Å². The number of pyridine rings is 1. The lowest BCUT2D eigenvalue weighted by molar-refractivity contribution is -0.113. The van der Waals surface area contributed by atoms with E-state index in [1.54, 1.807) is 24.2 Å². The van der Waals surface area contributed by atoms with Gasteiger partial charge in [-0.2, -0.15) is 5.10 Å². The summed E-state index contributed by atoms with van der Waals surface area (Å²) in [5, 5.41) is 10.9. The SMILES string of the molecule is O=C1CS[C@@H](c2ccc3ncccc3c2)c2cn[nH]c2N1. The molecule has 3 aromatic rings. The highest BCUT2D eigenvalue weighted by Gasteiger charge is 2.25. The molecule has 4 rings (SSSR count). The molecule has 0 saturated carbocycles.